The van der Waals surface area contributed by atoms with Crippen LogP contribution in [-0.4, -0.2) is 38.7 Å². The van der Waals surface area contributed by atoms with Gasteiger partial charge in [-0.1, -0.05) is 13.0 Å². The maximum absolute atomic E-state index is 12.2. The lowest BCUT2D eigenvalue weighted by molar-refractivity contribution is -0.116. The normalized spacial score (nSPS) is 10.5. The number of anilines is 1. The minimum Gasteiger partial charge on any atom is -0.495 e. The lowest BCUT2D eigenvalue weighted by Gasteiger charge is -2.15. The molecule has 0 aliphatic carbocycles. The lowest BCUT2D eigenvalue weighted by atomic mass is 10.0. The summed E-state index contributed by atoms with van der Waals surface area (Å²) in [7, 11) is 6.33. The van der Waals surface area contributed by atoms with Crippen molar-refractivity contribution in [2.75, 3.05) is 33.8 Å². The lowest BCUT2D eigenvalue weighted by Crippen LogP contribution is -2.11. The van der Waals surface area contributed by atoms with E-state index >= 15 is 0 Å². The van der Waals surface area contributed by atoms with Crippen molar-refractivity contribution in [3.05, 3.63) is 36.5 Å². The topological polar surface area (TPSA) is 78.9 Å². The zero-order chi connectivity index (χ0) is 22.4. The summed E-state index contributed by atoms with van der Waals surface area (Å²) in [6.45, 7) is 1.97. The minimum atomic E-state index is -0.0498. The summed E-state index contributed by atoms with van der Waals surface area (Å²) < 4.78 is 26.2. The van der Waals surface area contributed by atoms with Crippen molar-refractivity contribution in [3.8, 4) is 44.6 Å². The average molecular weight is 443 g/mol. The summed E-state index contributed by atoms with van der Waals surface area (Å²) in [5, 5.41) is 2.94. The minimum absolute atomic E-state index is 0.0498. The molecule has 1 amide bonds. The zero-order valence-electron chi connectivity index (χ0n) is 18.3. The van der Waals surface area contributed by atoms with Crippen LogP contribution < -0.4 is 24.3 Å². The van der Waals surface area contributed by atoms with E-state index < -0.39 is 0 Å². The highest BCUT2D eigenvalue weighted by atomic mass is 32.1. The highest BCUT2D eigenvalue weighted by Gasteiger charge is 2.19. The molecule has 164 valence electrons. The second kappa shape index (κ2) is 10.2. The van der Waals surface area contributed by atoms with E-state index in [4.69, 9.17) is 18.9 Å². The number of ether oxygens (including phenoxy) is 4. The summed E-state index contributed by atoms with van der Waals surface area (Å²) in [5.41, 5.74) is 3.35. The van der Waals surface area contributed by atoms with Crippen molar-refractivity contribution in [3.63, 3.8) is 0 Å². The predicted octanol–water partition coefficient (Wildman–Crippen LogP) is 5.25. The molecule has 7 nitrogen and oxygen atoms in total. The van der Waals surface area contributed by atoms with Crippen molar-refractivity contribution in [1.82, 2.24) is 4.37 Å². The number of benzene rings is 2. The fourth-order valence-corrected chi connectivity index (χ4v) is 4.03. The molecule has 0 radical (unpaired) electrons. The summed E-state index contributed by atoms with van der Waals surface area (Å²) >= 11 is 1.37. The van der Waals surface area contributed by atoms with Gasteiger partial charge in [0.1, 0.15) is 5.75 Å². The molecule has 0 fully saturated rings. The van der Waals surface area contributed by atoms with Crippen molar-refractivity contribution in [2.45, 2.75) is 19.8 Å². The first-order chi connectivity index (χ1) is 15.1. The Labute approximate surface area is 186 Å². The van der Waals surface area contributed by atoms with E-state index in [1.807, 2.05) is 43.5 Å². The number of hydrogen-bond acceptors (Lipinski definition) is 7. The van der Waals surface area contributed by atoms with Crippen LogP contribution in [0.5, 0.6) is 23.0 Å². The molecule has 0 saturated heterocycles. The smallest absolute Gasteiger partial charge is 0.224 e. The van der Waals surface area contributed by atoms with Crippen LogP contribution in [-0.2, 0) is 4.79 Å². The Kier molecular flexibility index (Phi) is 7.36. The van der Waals surface area contributed by atoms with Crippen LogP contribution in [0.1, 0.15) is 19.8 Å². The number of carbonyl (C=O) groups excluding carboxylic acids is 1. The van der Waals surface area contributed by atoms with Gasteiger partial charge in [0.2, 0.25) is 11.7 Å². The van der Waals surface area contributed by atoms with Crippen molar-refractivity contribution >= 4 is 23.1 Å². The van der Waals surface area contributed by atoms with E-state index in [1.165, 1.54) is 11.5 Å². The molecular weight excluding hydrogens is 416 g/mol. The number of carbonyl (C=O) groups is 1. The van der Waals surface area contributed by atoms with Crippen LogP contribution in [0, 0.1) is 0 Å². The van der Waals surface area contributed by atoms with Crippen molar-refractivity contribution in [2.24, 2.45) is 0 Å². The molecule has 1 aromatic heterocycles. The van der Waals surface area contributed by atoms with Crippen LogP contribution in [0.3, 0.4) is 0 Å². The molecular formula is C23H26N2O5S. The summed E-state index contributed by atoms with van der Waals surface area (Å²) in [4.78, 5) is 13.1. The molecule has 0 spiro atoms. The monoisotopic (exact) mass is 442 g/mol. The van der Waals surface area contributed by atoms with Crippen molar-refractivity contribution < 1.29 is 23.7 Å². The van der Waals surface area contributed by atoms with E-state index in [0.717, 1.165) is 28.0 Å². The van der Waals surface area contributed by atoms with Gasteiger partial charge >= 0.3 is 0 Å². The third kappa shape index (κ3) is 4.74. The molecule has 2 aromatic carbocycles. The summed E-state index contributed by atoms with van der Waals surface area (Å²) in [6, 6.07) is 9.47. The maximum Gasteiger partial charge on any atom is 0.224 e. The van der Waals surface area contributed by atoms with Crippen LogP contribution >= 0.6 is 11.5 Å². The predicted molar refractivity (Wildman–Crippen MR) is 123 cm³/mol. The van der Waals surface area contributed by atoms with Gasteiger partial charge in [0, 0.05) is 23.7 Å². The molecule has 1 heterocycles. The van der Waals surface area contributed by atoms with Crippen LogP contribution in [0.25, 0.3) is 21.6 Å². The van der Waals surface area contributed by atoms with Gasteiger partial charge in [0.05, 0.1) is 39.0 Å². The fraction of sp³-hybridized carbons (Fsp3) is 0.304. The Morgan fingerprint density at radius 1 is 0.935 bits per heavy atom. The first kappa shape index (κ1) is 22.4. The van der Waals surface area contributed by atoms with Crippen LogP contribution in [0.4, 0.5) is 5.69 Å². The van der Waals surface area contributed by atoms with E-state index in [0.29, 0.717) is 35.1 Å². The number of rotatable bonds is 9. The number of nitrogens with zero attached hydrogens (tertiary/aromatic N) is 1. The number of methoxy groups -OCH3 is 4. The number of amides is 1. The molecule has 0 atom stereocenters. The Bertz CT molecular complexity index is 1040. The Morgan fingerprint density at radius 2 is 1.61 bits per heavy atom. The van der Waals surface area contributed by atoms with E-state index in [9.17, 15) is 4.79 Å². The first-order valence-corrected chi connectivity index (χ1v) is 10.6. The Balaban J connectivity index is 2.07. The van der Waals surface area contributed by atoms with Gasteiger partial charge in [0.15, 0.2) is 11.5 Å². The molecule has 0 aliphatic heterocycles. The van der Waals surface area contributed by atoms with Gasteiger partial charge in [-0.15, -0.1) is 0 Å². The standard InChI is InChI=1S/C23H26N2O5S/c1-6-7-21(26)25-17-10-14(8-9-18(17)27-2)16-13-24-31-23(16)15-11-19(28-3)22(30-5)20(12-15)29-4/h8-13H,6-7H2,1-5H3,(H,25,26). The van der Waals surface area contributed by atoms with Gasteiger partial charge < -0.3 is 24.3 Å². The molecule has 31 heavy (non-hydrogen) atoms. The fourth-order valence-electron chi connectivity index (χ4n) is 3.28. The zero-order valence-corrected chi connectivity index (χ0v) is 19.1. The largest absolute Gasteiger partial charge is 0.495 e. The van der Waals surface area contributed by atoms with E-state index in [-0.39, 0.29) is 5.91 Å². The van der Waals surface area contributed by atoms with E-state index in [2.05, 4.69) is 9.69 Å². The van der Waals surface area contributed by atoms with Crippen LogP contribution in [0.2, 0.25) is 0 Å². The second-order valence-corrected chi connectivity index (χ2v) is 7.50. The highest BCUT2D eigenvalue weighted by molar-refractivity contribution is 7.10. The second-order valence-electron chi connectivity index (χ2n) is 6.70. The van der Waals surface area contributed by atoms with Crippen molar-refractivity contribution in [1.29, 1.82) is 0 Å². The number of aromatic nitrogens is 1. The molecule has 1 N–H and O–H groups in total. The summed E-state index contributed by atoms with van der Waals surface area (Å²) in [6.07, 6.45) is 3.03. The molecule has 0 bridgehead atoms. The first-order valence-electron chi connectivity index (χ1n) is 9.79. The quantitative estimate of drug-likeness (QED) is 0.488. The molecule has 3 aromatic rings. The van der Waals surface area contributed by atoms with Gasteiger partial charge in [-0.2, -0.15) is 4.37 Å². The SMILES string of the molecule is CCCC(=O)Nc1cc(-c2cnsc2-c2cc(OC)c(OC)c(OC)c2)ccc1OC. The maximum atomic E-state index is 12.2. The van der Waals surface area contributed by atoms with E-state index in [1.54, 1.807) is 28.4 Å². The van der Waals surface area contributed by atoms with Gasteiger partial charge in [0.25, 0.3) is 0 Å². The Hall–Kier alpha value is -3.26. The molecule has 8 heteroatoms. The third-order valence-electron chi connectivity index (χ3n) is 4.76. The average Bonchev–Trinajstić information content (AvgIpc) is 3.28. The van der Waals surface area contributed by atoms with Crippen LogP contribution in [0.15, 0.2) is 36.5 Å². The summed E-state index contributed by atoms with van der Waals surface area (Å²) in [5.74, 6) is 2.22. The van der Waals surface area contributed by atoms with Gasteiger partial charge in [-0.3, -0.25) is 4.79 Å². The molecule has 0 aliphatic rings. The third-order valence-corrected chi connectivity index (χ3v) is 5.61. The molecule has 0 unspecified atom stereocenters. The highest BCUT2D eigenvalue weighted by Crippen LogP contribution is 2.45. The van der Waals surface area contributed by atoms with Gasteiger partial charge in [-0.25, -0.2) is 0 Å². The Morgan fingerprint density at radius 3 is 2.19 bits per heavy atom. The molecule has 0 saturated carbocycles. The van der Waals surface area contributed by atoms with Gasteiger partial charge in [-0.05, 0) is 47.8 Å². The number of nitrogens with one attached hydrogen (secondary N) is 1. The molecule has 3 rings (SSSR count). The number of hydrogen-bond donors (Lipinski definition) is 1.